The van der Waals surface area contributed by atoms with E-state index in [0.717, 1.165) is 38.7 Å². The molecule has 1 aliphatic heterocycles. The maximum atomic E-state index is 12.0. The van der Waals surface area contributed by atoms with Crippen molar-refractivity contribution in [2.75, 3.05) is 51.2 Å². The molecule has 152 valence electrons. The standard InChI is InChI=1S/C20H33N5O.HI/c1-6-22-19(23-15-20(3,4)18(26)21-5)25-12-10-24(11-13-25)17-9-7-8-16(2)14-17;/h7-9,14H,6,10-13,15H2,1-5H3,(H,21,26)(H,22,23);1H. The number of aryl methyl sites for hydroxylation is 1. The molecule has 2 rings (SSSR count). The Bertz CT molecular complexity index is 639. The summed E-state index contributed by atoms with van der Waals surface area (Å²) in [5, 5.41) is 6.09. The van der Waals surface area contributed by atoms with Gasteiger partial charge in [-0.05, 0) is 45.4 Å². The molecule has 0 spiro atoms. The lowest BCUT2D eigenvalue weighted by molar-refractivity contribution is -0.128. The van der Waals surface area contributed by atoms with E-state index >= 15 is 0 Å². The minimum atomic E-state index is -0.515. The molecule has 0 unspecified atom stereocenters. The summed E-state index contributed by atoms with van der Waals surface area (Å²) in [6.45, 7) is 13.1. The van der Waals surface area contributed by atoms with Gasteiger partial charge in [0.25, 0.3) is 0 Å². The quantitative estimate of drug-likeness (QED) is 0.381. The summed E-state index contributed by atoms with van der Waals surface area (Å²) in [4.78, 5) is 21.4. The van der Waals surface area contributed by atoms with Gasteiger partial charge in [0.15, 0.2) is 5.96 Å². The highest BCUT2D eigenvalue weighted by Crippen LogP contribution is 2.19. The molecular formula is C20H34IN5O. The molecule has 1 amide bonds. The molecule has 1 aromatic carbocycles. The van der Waals surface area contributed by atoms with Crippen LogP contribution in [0.3, 0.4) is 0 Å². The summed E-state index contributed by atoms with van der Waals surface area (Å²) in [5.74, 6) is 0.912. The fourth-order valence-corrected chi connectivity index (χ4v) is 3.11. The first kappa shape index (κ1) is 23.5. The van der Waals surface area contributed by atoms with E-state index in [2.05, 4.69) is 58.5 Å². The van der Waals surface area contributed by atoms with Crippen LogP contribution in [0.25, 0.3) is 0 Å². The monoisotopic (exact) mass is 487 g/mol. The van der Waals surface area contributed by atoms with Crippen LogP contribution in [-0.2, 0) is 4.79 Å². The number of carbonyl (C=O) groups is 1. The Hall–Kier alpha value is -1.51. The lowest BCUT2D eigenvalue weighted by Crippen LogP contribution is -2.53. The van der Waals surface area contributed by atoms with Gasteiger partial charge in [-0.1, -0.05) is 12.1 Å². The molecule has 1 aliphatic rings. The first-order valence-corrected chi connectivity index (χ1v) is 9.44. The Kier molecular flexibility index (Phi) is 9.35. The topological polar surface area (TPSA) is 60.0 Å². The number of aliphatic imine (C=N–C) groups is 1. The second-order valence-electron chi connectivity index (χ2n) is 7.45. The average Bonchev–Trinajstić information content (AvgIpc) is 2.64. The van der Waals surface area contributed by atoms with Gasteiger partial charge < -0.3 is 20.4 Å². The van der Waals surface area contributed by atoms with Crippen LogP contribution in [0.4, 0.5) is 5.69 Å². The van der Waals surface area contributed by atoms with Crippen molar-refractivity contribution in [3.8, 4) is 0 Å². The van der Waals surface area contributed by atoms with E-state index in [4.69, 9.17) is 4.99 Å². The summed E-state index contributed by atoms with van der Waals surface area (Å²) in [6, 6.07) is 8.65. The van der Waals surface area contributed by atoms with Crippen molar-refractivity contribution in [1.82, 2.24) is 15.5 Å². The van der Waals surface area contributed by atoms with E-state index in [9.17, 15) is 4.79 Å². The van der Waals surface area contributed by atoms with Gasteiger partial charge >= 0.3 is 0 Å². The van der Waals surface area contributed by atoms with Crippen LogP contribution in [-0.4, -0.2) is 63.1 Å². The van der Waals surface area contributed by atoms with Crippen LogP contribution in [0.5, 0.6) is 0 Å². The van der Waals surface area contributed by atoms with Crippen LogP contribution in [0.15, 0.2) is 29.3 Å². The third-order valence-electron chi connectivity index (χ3n) is 4.75. The molecule has 1 heterocycles. The van der Waals surface area contributed by atoms with Gasteiger partial charge in [0.1, 0.15) is 0 Å². The van der Waals surface area contributed by atoms with Crippen LogP contribution in [0, 0.1) is 12.3 Å². The number of hydrogen-bond acceptors (Lipinski definition) is 3. The number of carbonyl (C=O) groups excluding carboxylic acids is 1. The van der Waals surface area contributed by atoms with Crippen molar-refractivity contribution in [3.05, 3.63) is 29.8 Å². The zero-order valence-corrected chi connectivity index (χ0v) is 19.5. The van der Waals surface area contributed by atoms with E-state index in [1.165, 1.54) is 11.3 Å². The predicted octanol–water partition coefficient (Wildman–Crippen LogP) is 2.47. The van der Waals surface area contributed by atoms with Crippen molar-refractivity contribution in [2.45, 2.75) is 27.7 Å². The molecule has 0 aromatic heterocycles. The molecule has 27 heavy (non-hydrogen) atoms. The van der Waals surface area contributed by atoms with Crippen molar-refractivity contribution in [1.29, 1.82) is 0 Å². The summed E-state index contributed by atoms with van der Waals surface area (Å²) >= 11 is 0. The number of halogens is 1. The highest BCUT2D eigenvalue weighted by Gasteiger charge is 2.27. The maximum absolute atomic E-state index is 12.0. The summed E-state index contributed by atoms with van der Waals surface area (Å²) < 4.78 is 0. The average molecular weight is 487 g/mol. The van der Waals surface area contributed by atoms with E-state index in [0.29, 0.717) is 6.54 Å². The number of piperazine rings is 1. The van der Waals surface area contributed by atoms with E-state index in [1.54, 1.807) is 7.05 Å². The van der Waals surface area contributed by atoms with E-state index < -0.39 is 5.41 Å². The predicted molar refractivity (Wildman–Crippen MR) is 124 cm³/mol. The van der Waals surface area contributed by atoms with Gasteiger partial charge in [0.05, 0.1) is 12.0 Å². The second kappa shape index (κ2) is 10.7. The normalized spacial score (nSPS) is 15.2. The Labute approximate surface area is 180 Å². The van der Waals surface area contributed by atoms with Crippen LogP contribution in [0.1, 0.15) is 26.3 Å². The Morgan fingerprint density at radius 2 is 1.89 bits per heavy atom. The number of guanidine groups is 1. The van der Waals surface area contributed by atoms with Gasteiger partial charge in [-0.3, -0.25) is 9.79 Å². The molecule has 6 nitrogen and oxygen atoms in total. The summed E-state index contributed by atoms with van der Waals surface area (Å²) in [7, 11) is 1.67. The van der Waals surface area contributed by atoms with Gasteiger partial charge in [0.2, 0.25) is 5.91 Å². The summed E-state index contributed by atoms with van der Waals surface area (Å²) in [6.07, 6.45) is 0. The fraction of sp³-hybridized carbons (Fsp3) is 0.600. The molecule has 0 saturated carbocycles. The van der Waals surface area contributed by atoms with Crippen LogP contribution >= 0.6 is 24.0 Å². The molecule has 1 fully saturated rings. The molecule has 0 radical (unpaired) electrons. The summed E-state index contributed by atoms with van der Waals surface area (Å²) in [5.41, 5.74) is 2.06. The highest BCUT2D eigenvalue weighted by molar-refractivity contribution is 14.0. The first-order chi connectivity index (χ1) is 12.4. The number of benzene rings is 1. The van der Waals surface area contributed by atoms with E-state index in [-0.39, 0.29) is 29.9 Å². The zero-order valence-electron chi connectivity index (χ0n) is 17.2. The van der Waals surface area contributed by atoms with Gasteiger partial charge in [-0.25, -0.2) is 0 Å². The highest BCUT2D eigenvalue weighted by atomic mass is 127. The fourth-order valence-electron chi connectivity index (χ4n) is 3.11. The van der Waals surface area contributed by atoms with Crippen LogP contribution < -0.4 is 15.5 Å². The number of nitrogens with one attached hydrogen (secondary N) is 2. The van der Waals surface area contributed by atoms with Crippen molar-refractivity contribution < 1.29 is 4.79 Å². The third-order valence-corrected chi connectivity index (χ3v) is 4.75. The minimum Gasteiger partial charge on any atom is -0.368 e. The zero-order chi connectivity index (χ0) is 19.2. The van der Waals surface area contributed by atoms with Crippen molar-refractivity contribution in [2.24, 2.45) is 10.4 Å². The Morgan fingerprint density at radius 3 is 2.44 bits per heavy atom. The van der Waals surface area contributed by atoms with Crippen LogP contribution in [0.2, 0.25) is 0 Å². The second-order valence-corrected chi connectivity index (χ2v) is 7.45. The smallest absolute Gasteiger partial charge is 0.227 e. The molecule has 2 N–H and O–H groups in total. The lowest BCUT2D eigenvalue weighted by atomic mass is 9.93. The molecule has 1 saturated heterocycles. The number of amides is 1. The largest absolute Gasteiger partial charge is 0.368 e. The Morgan fingerprint density at radius 1 is 1.22 bits per heavy atom. The molecule has 1 aromatic rings. The van der Waals surface area contributed by atoms with Gasteiger partial charge in [0, 0.05) is 45.5 Å². The minimum absolute atomic E-state index is 0. The number of hydrogen-bond donors (Lipinski definition) is 2. The maximum Gasteiger partial charge on any atom is 0.227 e. The third kappa shape index (κ3) is 6.55. The lowest BCUT2D eigenvalue weighted by Gasteiger charge is -2.38. The number of nitrogens with zero attached hydrogens (tertiary/aromatic N) is 3. The first-order valence-electron chi connectivity index (χ1n) is 9.44. The van der Waals surface area contributed by atoms with Crippen molar-refractivity contribution in [3.63, 3.8) is 0 Å². The number of anilines is 1. The molecule has 7 heteroatoms. The van der Waals surface area contributed by atoms with Gasteiger partial charge in [-0.15, -0.1) is 24.0 Å². The molecule has 0 bridgehead atoms. The Balaban J connectivity index is 0.00000364. The van der Waals surface area contributed by atoms with E-state index in [1.807, 2.05) is 13.8 Å². The van der Waals surface area contributed by atoms with Crippen molar-refractivity contribution >= 4 is 41.5 Å². The molecule has 0 atom stereocenters. The van der Waals surface area contributed by atoms with Gasteiger partial charge in [-0.2, -0.15) is 0 Å². The number of rotatable bonds is 5. The SMILES string of the molecule is CCNC(=NCC(C)(C)C(=O)NC)N1CCN(c2cccc(C)c2)CC1.I. The molecular weight excluding hydrogens is 453 g/mol. The molecule has 0 aliphatic carbocycles.